The average Bonchev–Trinajstić information content (AvgIpc) is 2.87. The molecule has 0 unspecified atom stereocenters. The van der Waals surface area contributed by atoms with Gasteiger partial charge in [-0.25, -0.2) is 4.39 Å². The first-order chi connectivity index (χ1) is 9.16. The Balaban J connectivity index is 2.08. The maximum atomic E-state index is 13.4. The van der Waals surface area contributed by atoms with Crippen molar-refractivity contribution in [2.45, 2.75) is 6.54 Å². The number of hydrogen-bond donors (Lipinski definition) is 0. The summed E-state index contributed by atoms with van der Waals surface area (Å²) in [5, 5.41) is 2.63. The van der Waals surface area contributed by atoms with Gasteiger partial charge in [0.2, 0.25) is 0 Å². The average molecular weight is 294 g/mol. The van der Waals surface area contributed by atoms with Crippen LogP contribution in [0.2, 0.25) is 5.02 Å². The molecular formula is C14H9ClFNOS. The number of thiophene rings is 1. The number of aromatic nitrogens is 1. The lowest BCUT2D eigenvalue weighted by Crippen LogP contribution is -2.19. The fraction of sp³-hybridized carbons (Fsp3) is 0.0714. The van der Waals surface area contributed by atoms with Gasteiger partial charge in [-0.2, -0.15) is 0 Å². The van der Waals surface area contributed by atoms with E-state index in [9.17, 15) is 9.18 Å². The van der Waals surface area contributed by atoms with Gasteiger partial charge in [0.15, 0.2) is 0 Å². The molecule has 0 N–H and O–H groups in total. The first-order valence-corrected chi connectivity index (χ1v) is 6.92. The topological polar surface area (TPSA) is 22.0 Å². The zero-order valence-electron chi connectivity index (χ0n) is 9.77. The van der Waals surface area contributed by atoms with Crippen molar-refractivity contribution in [3.8, 4) is 0 Å². The van der Waals surface area contributed by atoms with Crippen molar-refractivity contribution in [1.29, 1.82) is 0 Å². The van der Waals surface area contributed by atoms with E-state index in [1.54, 1.807) is 24.4 Å². The van der Waals surface area contributed by atoms with Gasteiger partial charge in [-0.15, -0.1) is 11.3 Å². The predicted octanol–water partition coefficient (Wildman–Crippen LogP) is 3.90. The summed E-state index contributed by atoms with van der Waals surface area (Å²) in [6.45, 7) is 0.265. The van der Waals surface area contributed by atoms with Gasteiger partial charge >= 0.3 is 0 Å². The molecule has 0 aliphatic heterocycles. The van der Waals surface area contributed by atoms with Crippen molar-refractivity contribution < 1.29 is 4.39 Å². The highest BCUT2D eigenvalue weighted by Crippen LogP contribution is 2.21. The fourth-order valence-corrected chi connectivity index (χ4v) is 2.94. The quantitative estimate of drug-likeness (QED) is 0.702. The van der Waals surface area contributed by atoms with Crippen molar-refractivity contribution in [2.75, 3.05) is 0 Å². The lowest BCUT2D eigenvalue weighted by Gasteiger charge is -2.08. The summed E-state index contributed by atoms with van der Waals surface area (Å²) in [4.78, 5) is 12.2. The zero-order chi connectivity index (χ0) is 13.4. The van der Waals surface area contributed by atoms with Crippen LogP contribution in [0.25, 0.3) is 10.1 Å². The summed E-state index contributed by atoms with van der Waals surface area (Å²) >= 11 is 7.43. The van der Waals surface area contributed by atoms with Crippen molar-refractivity contribution >= 4 is 33.0 Å². The lowest BCUT2D eigenvalue weighted by atomic mass is 10.2. The minimum atomic E-state index is -0.469. The van der Waals surface area contributed by atoms with E-state index in [2.05, 4.69) is 0 Å². The van der Waals surface area contributed by atoms with Crippen LogP contribution in [0, 0.1) is 5.82 Å². The maximum Gasteiger partial charge on any atom is 0.259 e. The number of hydrogen-bond acceptors (Lipinski definition) is 2. The second-order valence-corrected chi connectivity index (χ2v) is 5.49. The third-order valence-electron chi connectivity index (χ3n) is 2.96. The SMILES string of the molecule is O=c1c2ccsc2ccn1Cc1cccc(F)c1Cl. The highest BCUT2D eigenvalue weighted by Gasteiger charge is 2.08. The summed E-state index contributed by atoms with van der Waals surface area (Å²) in [5.41, 5.74) is 0.512. The second kappa shape index (κ2) is 4.79. The van der Waals surface area contributed by atoms with Crippen molar-refractivity contribution in [3.05, 3.63) is 68.7 Å². The Labute approximate surface area is 117 Å². The molecule has 0 saturated heterocycles. The first kappa shape index (κ1) is 12.4. The molecular weight excluding hydrogens is 285 g/mol. The first-order valence-electron chi connectivity index (χ1n) is 5.66. The van der Waals surface area contributed by atoms with Gasteiger partial charge in [0.25, 0.3) is 5.56 Å². The number of halogens is 2. The van der Waals surface area contributed by atoms with Gasteiger partial charge in [0.1, 0.15) is 5.82 Å². The molecule has 0 atom stereocenters. The maximum absolute atomic E-state index is 13.4. The van der Waals surface area contributed by atoms with Crippen LogP contribution >= 0.6 is 22.9 Å². The van der Waals surface area contributed by atoms with Crippen LogP contribution in [0.15, 0.2) is 46.7 Å². The predicted molar refractivity (Wildman–Crippen MR) is 76.6 cm³/mol. The van der Waals surface area contributed by atoms with Crippen molar-refractivity contribution in [1.82, 2.24) is 4.57 Å². The Morgan fingerprint density at radius 3 is 2.95 bits per heavy atom. The second-order valence-electron chi connectivity index (χ2n) is 4.16. The van der Waals surface area contributed by atoms with Crippen LogP contribution < -0.4 is 5.56 Å². The fourth-order valence-electron chi connectivity index (χ4n) is 1.99. The molecule has 2 heterocycles. The molecule has 3 rings (SSSR count). The van der Waals surface area contributed by atoms with Crippen molar-refractivity contribution in [2.24, 2.45) is 0 Å². The summed E-state index contributed by atoms with van der Waals surface area (Å²) in [5.74, 6) is -0.469. The molecule has 19 heavy (non-hydrogen) atoms. The molecule has 1 aromatic carbocycles. The molecule has 0 fully saturated rings. The third kappa shape index (κ3) is 2.17. The number of benzene rings is 1. The highest BCUT2D eigenvalue weighted by atomic mass is 35.5. The number of nitrogens with zero attached hydrogens (tertiary/aromatic N) is 1. The van der Waals surface area contributed by atoms with Gasteiger partial charge in [-0.1, -0.05) is 23.7 Å². The molecule has 0 aliphatic rings. The van der Waals surface area contributed by atoms with Crippen LogP contribution in [-0.4, -0.2) is 4.57 Å². The van der Waals surface area contributed by atoms with Gasteiger partial charge in [0, 0.05) is 10.9 Å². The van der Waals surface area contributed by atoms with E-state index in [4.69, 9.17) is 11.6 Å². The smallest absolute Gasteiger partial charge is 0.259 e. The standard InChI is InChI=1S/C14H9ClFNOS/c15-13-9(2-1-3-11(13)16)8-17-6-4-12-10(14(17)18)5-7-19-12/h1-7H,8H2. The van der Waals surface area contributed by atoms with Crippen LogP contribution in [0.4, 0.5) is 4.39 Å². The van der Waals surface area contributed by atoms with E-state index >= 15 is 0 Å². The summed E-state index contributed by atoms with van der Waals surface area (Å²) in [7, 11) is 0. The van der Waals surface area contributed by atoms with E-state index in [0.29, 0.717) is 10.9 Å². The minimum absolute atomic E-state index is 0.0693. The highest BCUT2D eigenvalue weighted by molar-refractivity contribution is 7.17. The Morgan fingerprint density at radius 2 is 2.11 bits per heavy atom. The minimum Gasteiger partial charge on any atom is -0.310 e. The van der Waals surface area contributed by atoms with E-state index in [1.165, 1.54) is 22.0 Å². The van der Waals surface area contributed by atoms with Crippen LogP contribution in [0.5, 0.6) is 0 Å². The zero-order valence-corrected chi connectivity index (χ0v) is 11.3. The number of fused-ring (bicyclic) bond motifs is 1. The lowest BCUT2D eigenvalue weighted by molar-refractivity contribution is 0.623. The van der Waals surface area contributed by atoms with Crippen LogP contribution in [0.3, 0.4) is 0 Å². The van der Waals surface area contributed by atoms with E-state index in [-0.39, 0.29) is 17.1 Å². The van der Waals surface area contributed by atoms with E-state index in [1.807, 2.05) is 11.4 Å². The van der Waals surface area contributed by atoms with Crippen LogP contribution in [-0.2, 0) is 6.54 Å². The molecule has 2 aromatic heterocycles. The van der Waals surface area contributed by atoms with E-state index < -0.39 is 5.82 Å². The van der Waals surface area contributed by atoms with E-state index in [0.717, 1.165) is 4.70 Å². The third-order valence-corrected chi connectivity index (χ3v) is 4.27. The molecule has 5 heteroatoms. The summed E-state index contributed by atoms with van der Waals surface area (Å²) in [6, 6.07) is 8.29. The number of pyridine rings is 1. The molecule has 0 spiro atoms. The van der Waals surface area contributed by atoms with Crippen LogP contribution in [0.1, 0.15) is 5.56 Å². The Kier molecular flexibility index (Phi) is 3.12. The normalized spacial score (nSPS) is 11.1. The van der Waals surface area contributed by atoms with Gasteiger partial charge in [0.05, 0.1) is 17.0 Å². The molecule has 0 amide bonds. The molecule has 2 nitrogen and oxygen atoms in total. The Morgan fingerprint density at radius 1 is 1.26 bits per heavy atom. The number of rotatable bonds is 2. The molecule has 0 saturated carbocycles. The Hall–Kier alpha value is -1.65. The molecule has 96 valence electrons. The molecule has 3 aromatic rings. The van der Waals surface area contributed by atoms with Crippen molar-refractivity contribution in [3.63, 3.8) is 0 Å². The monoisotopic (exact) mass is 293 g/mol. The largest absolute Gasteiger partial charge is 0.310 e. The Bertz CT molecular complexity index is 809. The summed E-state index contributed by atoms with van der Waals surface area (Å²) < 4.78 is 15.9. The van der Waals surface area contributed by atoms with Gasteiger partial charge < -0.3 is 4.57 Å². The van der Waals surface area contributed by atoms with Gasteiger partial charge in [-0.3, -0.25) is 4.79 Å². The van der Waals surface area contributed by atoms with Gasteiger partial charge in [-0.05, 0) is 29.1 Å². The molecule has 0 bridgehead atoms. The molecule has 0 aliphatic carbocycles. The summed E-state index contributed by atoms with van der Waals surface area (Å²) in [6.07, 6.45) is 1.71. The molecule has 0 radical (unpaired) electrons.